The zero-order valence-electron chi connectivity index (χ0n) is 16.2. The molecule has 1 fully saturated rings. The zero-order chi connectivity index (χ0) is 21.7. The molecule has 7 nitrogen and oxygen atoms in total. The van der Waals surface area contributed by atoms with Crippen LogP contribution in [0.25, 0.3) is 0 Å². The molecule has 0 aromatic heterocycles. The maximum Gasteiger partial charge on any atom is 0.387 e. The van der Waals surface area contributed by atoms with Gasteiger partial charge in [-0.05, 0) is 49.6 Å². The number of ether oxygens (including phenoxy) is 1. The monoisotopic (exact) mass is 417 g/mol. The Morgan fingerprint density at radius 2 is 1.80 bits per heavy atom. The summed E-state index contributed by atoms with van der Waals surface area (Å²) in [6.45, 7) is -1.77. The fourth-order valence-corrected chi connectivity index (χ4v) is 3.16. The van der Waals surface area contributed by atoms with Gasteiger partial charge in [-0.1, -0.05) is 30.3 Å². The van der Waals surface area contributed by atoms with E-state index in [2.05, 4.69) is 15.4 Å². The highest BCUT2D eigenvalue weighted by Gasteiger charge is 2.47. The molecule has 1 heterocycles. The van der Waals surface area contributed by atoms with Crippen LogP contribution >= 0.6 is 0 Å². The molecule has 4 amide bonds. The van der Waals surface area contributed by atoms with Gasteiger partial charge in [-0.15, -0.1) is 0 Å². The Kier molecular flexibility index (Phi) is 6.29. The van der Waals surface area contributed by atoms with E-state index in [0.29, 0.717) is 18.5 Å². The van der Waals surface area contributed by atoms with E-state index in [1.54, 1.807) is 6.92 Å². The molecule has 0 aliphatic carbocycles. The van der Waals surface area contributed by atoms with Gasteiger partial charge in [0.05, 0.1) is 0 Å². The number of rotatable bonds is 8. The lowest BCUT2D eigenvalue weighted by Crippen LogP contribution is -2.45. The first-order valence-corrected chi connectivity index (χ1v) is 9.29. The highest BCUT2D eigenvalue weighted by Crippen LogP contribution is 2.23. The first-order chi connectivity index (χ1) is 14.3. The van der Waals surface area contributed by atoms with Crippen LogP contribution in [0.15, 0.2) is 54.6 Å². The number of hydrogen-bond acceptors (Lipinski definition) is 4. The summed E-state index contributed by atoms with van der Waals surface area (Å²) >= 11 is 0. The second-order valence-electron chi connectivity index (χ2n) is 7.09. The van der Waals surface area contributed by atoms with Crippen LogP contribution in [0, 0.1) is 0 Å². The van der Waals surface area contributed by atoms with Crippen LogP contribution in [0.3, 0.4) is 0 Å². The third-order valence-electron chi connectivity index (χ3n) is 4.77. The van der Waals surface area contributed by atoms with Crippen molar-refractivity contribution >= 4 is 23.5 Å². The molecule has 1 atom stereocenters. The number of nitrogens with one attached hydrogen (secondary N) is 2. The summed E-state index contributed by atoms with van der Waals surface area (Å²) in [5.74, 6) is -1.11. The summed E-state index contributed by atoms with van der Waals surface area (Å²) in [4.78, 5) is 38.2. The molecule has 3 rings (SSSR count). The molecule has 2 aromatic rings. The number of imide groups is 1. The quantitative estimate of drug-likeness (QED) is 0.646. The number of carbonyl (C=O) groups is 3. The summed E-state index contributed by atoms with van der Waals surface area (Å²) < 4.78 is 28.6. The Morgan fingerprint density at radius 3 is 2.43 bits per heavy atom. The molecule has 0 unspecified atom stereocenters. The zero-order valence-corrected chi connectivity index (χ0v) is 16.2. The number of alkyl halides is 2. The normalized spacial score (nSPS) is 18.5. The van der Waals surface area contributed by atoms with Crippen LogP contribution in [0.1, 0.15) is 18.9 Å². The van der Waals surface area contributed by atoms with E-state index >= 15 is 0 Å². The minimum Gasteiger partial charge on any atom is -0.435 e. The molecule has 2 N–H and O–H groups in total. The van der Waals surface area contributed by atoms with E-state index in [1.165, 1.54) is 24.3 Å². The van der Waals surface area contributed by atoms with Crippen LogP contribution in [-0.2, 0) is 16.0 Å². The first-order valence-electron chi connectivity index (χ1n) is 9.29. The van der Waals surface area contributed by atoms with E-state index in [4.69, 9.17) is 0 Å². The number of benzene rings is 2. The predicted octanol–water partition coefficient (Wildman–Crippen LogP) is 3.17. The Hall–Kier alpha value is -3.49. The Morgan fingerprint density at radius 1 is 1.13 bits per heavy atom. The topological polar surface area (TPSA) is 87.7 Å². The Bertz CT molecular complexity index is 922. The van der Waals surface area contributed by atoms with Crippen molar-refractivity contribution in [2.24, 2.45) is 0 Å². The molecular weight excluding hydrogens is 396 g/mol. The molecule has 2 aromatic carbocycles. The summed E-state index contributed by atoms with van der Waals surface area (Å²) in [5, 5.41) is 5.18. The van der Waals surface area contributed by atoms with Gasteiger partial charge in [-0.2, -0.15) is 8.78 Å². The van der Waals surface area contributed by atoms with Crippen molar-refractivity contribution in [3.63, 3.8) is 0 Å². The van der Waals surface area contributed by atoms with Crippen molar-refractivity contribution in [1.82, 2.24) is 10.2 Å². The maximum atomic E-state index is 12.8. The van der Waals surface area contributed by atoms with Crippen molar-refractivity contribution < 1.29 is 27.9 Å². The number of carbonyl (C=O) groups excluding carboxylic acids is 3. The Labute approximate surface area is 172 Å². The lowest BCUT2D eigenvalue weighted by molar-refractivity contribution is -0.133. The third-order valence-corrected chi connectivity index (χ3v) is 4.77. The summed E-state index contributed by atoms with van der Waals surface area (Å²) in [6, 6.07) is 14.2. The van der Waals surface area contributed by atoms with E-state index < -0.39 is 36.5 Å². The minimum absolute atomic E-state index is 0.0497. The van der Waals surface area contributed by atoms with Crippen LogP contribution in [0.2, 0.25) is 0 Å². The van der Waals surface area contributed by atoms with Crippen LogP contribution in [-0.4, -0.2) is 41.4 Å². The molecule has 1 aliphatic heterocycles. The maximum absolute atomic E-state index is 12.8. The van der Waals surface area contributed by atoms with Crippen molar-refractivity contribution in [2.45, 2.75) is 31.9 Å². The van der Waals surface area contributed by atoms with Gasteiger partial charge >= 0.3 is 12.6 Å². The fourth-order valence-electron chi connectivity index (χ4n) is 3.16. The van der Waals surface area contributed by atoms with Gasteiger partial charge < -0.3 is 15.4 Å². The number of halogens is 2. The average molecular weight is 417 g/mol. The van der Waals surface area contributed by atoms with Crippen molar-refractivity contribution in [3.05, 3.63) is 60.2 Å². The van der Waals surface area contributed by atoms with Crippen molar-refractivity contribution in [2.75, 3.05) is 11.9 Å². The molecule has 9 heteroatoms. The van der Waals surface area contributed by atoms with Gasteiger partial charge in [-0.25, -0.2) is 4.79 Å². The SMILES string of the molecule is C[C@]1(CCc2ccccc2)NC(=O)N(CC(=O)Nc2ccc(OC(F)F)cc2)C1=O. The van der Waals surface area contributed by atoms with E-state index in [1.807, 2.05) is 30.3 Å². The second kappa shape index (κ2) is 8.89. The molecular formula is C21H21F2N3O4. The largest absolute Gasteiger partial charge is 0.435 e. The van der Waals surface area contributed by atoms with Crippen molar-refractivity contribution in [3.8, 4) is 5.75 Å². The van der Waals surface area contributed by atoms with Gasteiger partial charge in [0.1, 0.15) is 17.8 Å². The van der Waals surface area contributed by atoms with Crippen LogP contribution in [0.5, 0.6) is 5.75 Å². The van der Waals surface area contributed by atoms with E-state index in [9.17, 15) is 23.2 Å². The van der Waals surface area contributed by atoms with Gasteiger partial charge in [-0.3, -0.25) is 14.5 Å². The number of hydrogen-bond donors (Lipinski definition) is 2. The molecule has 1 aliphatic rings. The molecule has 1 saturated heterocycles. The highest BCUT2D eigenvalue weighted by atomic mass is 19.3. The first kappa shape index (κ1) is 21.2. The van der Waals surface area contributed by atoms with Crippen LogP contribution in [0.4, 0.5) is 19.3 Å². The molecule has 30 heavy (non-hydrogen) atoms. The number of aryl methyl sites for hydroxylation is 1. The lowest BCUT2D eigenvalue weighted by Gasteiger charge is -2.21. The predicted molar refractivity (Wildman–Crippen MR) is 105 cm³/mol. The fraction of sp³-hybridized carbons (Fsp3) is 0.286. The Balaban J connectivity index is 1.57. The second-order valence-corrected chi connectivity index (χ2v) is 7.09. The number of nitrogens with zero attached hydrogens (tertiary/aromatic N) is 1. The lowest BCUT2D eigenvalue weighted by atomic mass is 9.93. The van der Waals surface area contributed by atoms with Gasteiger partial charge in [0.2, 0.25) is 5.91 Å². The minimum atomic E-state index is -2.94. The van der Waals surface area contributed by atoms with Gasteiger partial charge in [0.15, 0.2) is 0 Å². The molecule has 0 saturated carbocycles. The summed E-state index contributed by atoms with van der Waals surface area (Å²) in [5.41, 5.74) is 0.262. The van der Waals surface area contributed by atoms with Crippen LogP contribution < -0.4 is 15.4 Å². The van der Waals surface area contributed by atoms with E-state index in [-0.39, 0.29) is 5.75 Å². The number of amides is 4. The number of urea groups is 1. The van der Waals surface area contributed by atoms with E-state index in [0.717, 1.165) is 10.5 Å². The van der Waals surface area contributed by atoms with Crippen molar-refractivity contribution in [1.29, 1.82) is 0 Å². The molecule has 0 bridgehead atoms. The average Bonchev–Trinajstić information content (AvgIpc) is 2.92. The highest BCUT2D eigenvalue weighted by molar-refractivity contribution is 6.09. The molecule has 0 radical (unpaired) electrons. The standard InChI is InChI=1S/C21H21F2N3O4/c1-21(12-11-14-5-3-2-4-6-14)18(28)26(20(29)25-21)13-17(27)24-15-7-9-16(10-8-15)30-19(22)23/h2-10,19H,11-13H2,1H3,(H,24,27)(H,25,29)/t21-/m1/s1. The summed E-state index contributed by atoms with van der Waals surface area (Å²) in [7, 11) is 0. The summed E-state index contributed by atoms with van der Waals surface area (Å²) in [6.07, 6.45) is 0.988. The third kappa shape index (κ3) is 5.11. The molecule has 0 spiro atoms. The number of anilines is 1. The smallest absolute Gasteiger partial charge is 0.387 e. The molecule has 158 valence electrons. The van der Waals surface area contributed by atoms with Gasteiger partial charge in [0.25, 0.3) is 5.91 Å². The van der Waals surface area contributed by atoms with Gasteiger partial charge in [0, 0.05) is 5.69 Å².